The van der Waals surface area contributed by atoms with Gasteiger partial charge in [0.25, 0.3) is 0 Å². The highest BCUT2D eigenvalue weighted by Gasteiger charge is 2.54. The summed E-state index contributed by atoms with van der Waals surface area (Å²) in [6.45, 7) is 5.75. The van der Waals surface area contributed by atoms with Crippen molar-refractivity contribution in [2.24, 2.45) is 0 Å². The molecule has 0 bridgehead atoms. The molecule has 0 aromatic carbocycles. The van der Waals surface area contributed by atoms with Crippen LogP contribution in [-0.2, 0) is 19.1 Å². The van der Waals surface area contributed by atoms with Gasteiger partial charge in [0.05, 0.1) is 6.61 Å². The number of carbonyl (C=O) groups is 3. The maximum Gasteiger partial charge on any atom is 0.342 e. The van der Waals surface area contributed by atoms with Crippen LogP contribution in [0.3, 0.4) is 0 Å². The standard InChI is InChI=1S/C24H43NO5S/c1-4-6-7-8-9-10-11-12-13-14-15-16-17-18-21(26)25-20(22(27)28)19-31-24(25,3)23(29)30-5-2/h20H,4-19H2,1-3H3,(H,27,28). The topological polar surface area (TPSA) is 83.9 Å². The number of rotatable bonds is 17. The summed E-state index contributed by atoms with van der Waals surface area (Å²) in [6, 6.07) is -0.978. The third-order valence-electron chi connectivity index (χ3n) is 6.00. The molecule has 180 valence electrons. The van der Waals surface area contributed by atoms with Crippen LogP contribution in [0.1, 0.15) is 111 Å². The van der Waals surface area contributed by atoms with E-state index in [1.54, 1.807) is 13.8 Å². The zero-order valence-electron chi connectivity index (χ0n) is 19.8. The van der Waals surface area contributed by atoms with Crippen LogP contribution in [0.2, 0.25) is 0 Å². The first-order valence-electron chi connectivity index (χ1n) is 12.2. The van der Waals surface area contributed by atoms with Crippen molar-refractivity contribution in [2.45, 2.75) is 122 Å². The smallest absolute Gasteiger partial charge is 0.342 e. The molecule has 1 fully saturated rings. The highest BCUT2D eigenvalue weighted by atomic mass is 32.2. The summed E-state index contributed by atoms with van der Waals surface area (Å²) in [7, 11) is 0. The molecule has 6 nitrogen and oxygen atoms in total. The van der Waals surface area contributed by atoms with Crippen molar-refractivity contribution in [3.8, 4) is 0 Å². The van der Waals surface area contributed by atoms with Gasteiger partial charge in [-0.3, -0.25) is 4.79 Å². The molecule has 0 aliphatic carbocycles. The number of carboxylic acid groups (broad SMARTS) is 1. The summed E-state index contributed by atoms with van der Waals surface area (Å²) in [5.74, 6) is -1.67. The maximum atomic E-state index is 12.8. The lowest BCUT2D eigenvalue weighted by Crippen LogP contribution is -2.55. The van der Waals surface area contributed by atoms with Gasteiger partial charge >= 0.3 is 11.9 Å². The van der Waals surface area contributed by atoms with Crippen molar-refractivity contribution in [1.29, 1.82) is 0 Å². The van der Waals surface area contributed by atoms with Crippen LogP contribution in [0.4, 0.5) is 0 Å². The predicted molar refractivity (Wildman–Crippen MR) is 126 cm³/mol. The van der Waals surface area contributed by atoms with Gasteiger partial charge in [-0.1, -0.05) is 84.0 Å². The molecular formula is C24H43NO5S. The number of esters is 1. The minimum atomic E-state index is -1.26. The molecule has 7 heteroatoms. The molecule has 1 N–H and O–H groups in total. The van der Waals surface area contributed by atoms with Crippen LogP contribution in [0.5, 0.6) is 0 Å². The molecule has 0 radical (unpaired) electrons. The quantitative estimate of drug-likeness (QED) is 0.220. The van der Waals surface area contributed by atoms with Gasteiger partial charge in [-0.25, -0.2) is 9.59 Å². The van der Waals surface area contributed by atoms with Crippen LogP contribution in [0.15, 0.2) is 0 Å². The predicted octanol–water partition coefficient (Wildman–Crippen LogP) is 5.78. The summed E-state index contributed by atoms with van der Waals surface area (Å²) in [5.41, 5.74) is 0. The lowest BCUT2D eigenvalue weighted by molar-refractivity contribution is -0.161. The van der Waals surface area contributed by atoms with E-state index in [9.17, 15) is 19.5 Å². The van der Waals surface area contributed by atoms with E-state index in [-0.39, 0.29) is 24.7 Å². The average molecular weight is 458 g/mol. The lowest BCUT2D eigenvalue weighted by atomic mass is 10.0. The molecule has 31 heavy (non-hydrogen) atoms. The number of hydrogen-bond acceptors (Lipinski definition) is 5. The van der Waals surface area contributed by atoms with Gasteiger partial charge in [-0.05, 0) is 20.3 Å². The second-order valence-corrected chi connectivity index (χ2v) is 10.0. The largest absolute Gasteiger partial charge is 0.480 e. The van der Waals surface area contributed by atoms with Gasteiger partial charge in [-0.15, -0.1) is 11.8 Å². The molecule has 0 aromatic heterocycles. The summed E-state index contributed by atoms with van der Waals surface area (Å²) in [5, 5.41) is 9.50. The molecule has 1 amide bonds. The molecule has 2 unspecified atom stereocenters. The Hall–Kier alpha value is -1.24. The number of amides is 1. The first-order valence-corrected chi connectivity index (χ1v) is 13.2. The number of unbranched alkanes of at least 4 members (excludes halogenated alkanes) is 12. The van der Waals surface area contributed by atoms with E-state index in [1.807, 2.05) is 0 Å². The number of carbonyl (C=O) groups excluding carboxylic acids is 2. The van der Waals surface area contributed by atoms with Gasteiger partial charge < -0.3 is 14.7 Å². The number of ether oxygens (including phenoxy) is 1. The second kappa shape index (κ2) is 15.5. The molecule has 1 heterocycles. The van der Waals surface area contributed by atoms with Crippen LogP contribution in [0.25, 0.3) is 0 Å². The van der Waals surface area contributed by atoms with Gasteiger partial charge in [-0.2, -0.15) is 0 Å². The Bertz CT molecular complexity index is 556. The molecular weight excluding hydrogens is 414 g/mol. The Morgan fingerprint density at radius 1 is 0.903 bits per heavy atom. The molecule has 0 aromatic rings. The van der Waals surface area contributed by atoms with Crippen LogP contribution in [-0.4, -0.2) is 51.1 Å². The van der Waals surface area contributed by atoms with E-state index in [4.69, 9.17) is 4.74 Å². The van der Waals surface area contributed by atoms with Crippen molar-refractivity contribution >= 4 is 29.6 Å². The minimum absolute atomic E-state index is 0.202. The Kier molecular flexibility index (Phi) is 13.9. The molecule has 1 aliphatic heterocycles. The molecule has 1 aliphatic rings. The van der Waals surface area contributed by atoms with Crippen molar-refractivity contribution < 1.29 is 24.2 Å². The van der Waals surface area contributed by atoms with Gasteiger partial charge in [0.1, 0.15) is 6.04 Å². The fraction of sp³-hybridized carbons (Fsp3) is 0.875. The molecule has 2 atom stereocenters. The number of carboxylic acids is 1. The SMILES string of the molecule is CCCCCCCCCCCCCCCC(=O)N1C(C(=O)O)CSC1(C)C(=O)OCC. The first kappa shape index (κ1) is 27.8. The Balaban J connectivity index is 2.26. The summed E-state index contributed by atoms with van der Waals surface area (Å²) >= 11 is 1.18. The Morgan fingerprint density at radius 2 is 1.39 bits per heavy atom. The monoisotopic (exact) mass is 457 g/mol. The third-order valence-corrected chi connectivity index (χ3v) is 7.40. The molecule has 1 rings (SSSR count). The van der Waals surface area contributed by atoms with E-state index >= 15 is 0 Å². The number of nitrogens with zero attached hydrogens (tertiary/aromatic N) is 1. The molecule has 1 saturated heterocycles. The zero-order valence-corrected chi connectivity index (χ0v) is 20.6. The van der Waals surface area contributed by atoms with E-state index in [0.717, 1.165) is 19.3 Å². The number of hydrogen-bond donors (Lipinski definition) is 1. The fourth-order valence-corrected chi connectivity index (χ4v) is 5.43. The highest BCUT2D eigenvalue weighted by molar-refractivity contribution is 8.01. The van der Waals surface area contributed by atoms with Crippen LogP contribution < -0.4 is 0 Å². The Labute approximate surface area is 192 Å². The minimum Gasteiger partial charge on any atom is -0.480 e. The van der Waals surface area contributed by atoms with E-state index in [2.05, 4.69) is 6.92 Å². The van der Waals surface area contributed by atoms with Gasteiger partial charge in [0.2, 0.25) is 5.91 Å². The second-order valence-electron chi connectivity index (χ2n) is 8.62. The van der Waals surface area contributed by atoms with Gasteiger partial charge in [0, 0.05) is 12.2 Å². The van der Waals surface area contributed by atoms with Crippen molar-refractivity contribution in [3.63, 3.8) is 0 Å². The maximum absolute atomic E-state index is 12.8. The van der Waals surface area contributed by atoms with E-state index in [0.29, 0.717) is 0 Å². The zero-order chi connectivity index (χ0) is 23.1. The lowest BCUT2D eigenvalue weighted by Gasteiger charge is -2.34. The van der Waals surface area contributed by atoms with Crippen molar-refractivity contribution in [1.82, 2.24) is 4.90 Å². The van der Waals surface area contributed by atoms with Gasteiger partial charge in [0.15, 0.2) is 4.87 Å². The summed E-state index contributed by atoms with van der Waals surface area (Å²) in [6.07, 6.45) is 16.2. The third kappa shape index (κ3) is 9.42. The van der Waals surface area contributed by atoms with E-state index in [1.165, 1.54) is 80.9 Å². The molecule has 0 spiro atoms. The van der Waals surface area contributed by atoms with Crippen molar-refractivity contribution in [3.05, 3.63) is 0 Å². The van der Waals surface area contributed by atoms with Crippen molar-refractivity contribution in [2.75, 3.05) is 12.4 Å². The average Bonchev–Trinajstić information content (AvgIpc) is 3.10. The summed E-state index contributed by atoms with van der Waals surface area (Å²) in [4.78, 5) is 36.8. The fourth-order valence-electron chi connectivity index (χ4n) is 4.11. The number of aliphatic carboxylic acids is 1. The number of thioether (sulfide) groups is 1. The Morgan fingerprint density at radius 3 is 1.84 bits per heavy atom. The van der Waals surface area contributed by atoms with Crippen LogP contribution >= 0.6 is 11.8 Å². The highest BCUT2D eigenvalue weighted by Crippen LogP contribution is 2.41. The van der Waals surface area contributed by atoms with E-state index < -0.39 is 22.9 Å². The summed E-state index contributed by atoms with van der Waals surface area (Å²) < 4.78 is 5.11. The first-order chi connectivity index (χ1) is 14.9. The normalized spacial score (nSPS) is 20.7. The van der Waals surface area contributed by atoms with Crippen LogP contribution in [0, 0.1) is 0 Å². The molecule has 0 saturated carbocycles.